The van der Waals surface area contributed by atoms with Gasteiger partial charge in [0, 0.05) is 18.5 Å². The van der Waals surface area contributed by atoms with Gasteiger partial charge in [-0.2, -0.15) is 0 Å². The third kappa shape index (κ3) is 6.12. The molecule has 1 aromatic rings. The zero-order valence-corrected chi connectivity index (χ0v) is 15.9. The summed E-state index contributed by atoms with van der Waals surface area (Å²) < 4.78 is 10.3. The van der Waals surface area contributed by atoms with E-state index in [0.717, 1.165) is 0 Å². The summed E-state index contributed by atoms with van der Waals surface area (Å²) in [5, 5.41) is 4.70. The number of rotatable bonds is 5. The van der Waals surface area contributed by atoms with Crippen LogP contribution in [0.15, 0.2) is 22.8 Å². The molecule has 1 aromatic heterocycles. The largest absolute Gasteiger partial charge is 0.467 e. The standard InChI is InChI=1S/C18H25N3O6/c1-11(15(23)19-17(25)20-18(2,3)4)27-16(24)12-8-14(22)21(9-12)10-13-6-5-7-26-13/h5-7,11-12H,8-10H2,1-4H3,(H2,19,20,23,25)/t11-,12-/m0/s1. The quantitative estimate of drug-likeness (QED) is 0.742. The van der Waals surface area contributed by atoms with Crippen molar-refractivity contribution in [1.29, 1.82) is 0 Å². The molecule has 2 rings (SSSR count). The van der Waals surface area contributed by atoms with Gasteiger partial charge in [0.1, 0.15) is 5.76 Å². The highest BCUT2D eigenvalue weighted by Crippen LogP contribution is 2.22. The topological polar surface area (TPSA) is 118 Å². The summed E-state index contributed by atoms with van der Waals surface area (Å²) in [4.78, 5) is 49.5. The molecule has 27 heavy (non-hydrogen) atoms. The van der Waals surface area contributed by atoms with Crippen LogP contribution >= 0.6 is 0 Å². The Morgan fingerprint density at radius 2 is 2.07 bits per heavy atom. The molecule has 0 radical (unpaired) electrons. The van der Waals surface area contributed by atoms with Gasteiger partial charge in [0.2, 0.25) is 5.91 Å². The number of hydrogen-bond donors (Lipinski definition) is 2. The molecule has 0 bridgehead atoms. The highest BCUT2D eigenvalue weighted by Gasteiger charge is 2.37. The van der Waals surface area contributed by atoms with Crippen LogP contribution in [0.25, 0.3) is 0 Å². The summed E-state index contributed by atoms with van der Waals surface area (Å²) in [6.07, 6.45) is 0.369. The van der Waals surface area contributed by atoms with E-state index in [-0.39, 0.29) is 25.4 Å². The maximum Gasteiger partial charge on any atom is 0.321 e. The number of carbonyl (C=O) groups excluding carboxylic acids is 4. The summed E-state index contributed by atoms with van der Waals surface area (Å²) in [6.45, 7) is 7.15. The maximum atomic E-state index is 12.3. The van der Waals surface area contributed by atoms with Crippen LogP contribution in [0.2, 0.25) is 0 Å². The van der Waals surface area contributed by atoms with E-state index in [9.17, 15) is 19.2 Å². The first-order chi connectivity index (χ1) is 12.5. The molecule has 2 heterocycles. The van der Waals surface area contributed by atoms with Gasteiger partial charge in [-0.1, -0.05) is 0 Å². The number of likely N-dealkylation sites (tertiary alicyclic amines) is 1. The molecule has 0 aliphatic carbocycles. The van der Waals surface area contributed by atoms with Gasteiger partial charge in [0.25, 0.3) is 5.91 Å². The number of esters is 1. The number of hydrogen-bond acceptors (Lipinski definition) is 6. The lowest BCUT2D eigenvalue weighted by atomic mass is 10.1. The van der Waals surface area contributed by atoms with Crippen molar-refractivity contribution in [3.05, 3.63) is 24.2 Å². The fraction of sp³-hybridized carbons (Fsp3) is 0.556. The molecule has 148 valence electrons. The van der Waals surface area contributed by atoms with E-state index in [1.165, 1.54) is 18.1 Å². The van der Waals surface area contributed by atoms with E-state index in [4.69, 9.17) is 9.15 Å². The number of carbonyl (C=O) groups is 4. The molecule has 1 saturated heterocycles. The second-order valence-electron chi connectivity index (χ2n) is 7.53. The Bertz CT molecular complexity index is 707. The van der Waals surface area contributed by atoms with Crippen molar-refractivity contribution >= 4 is 23.8 Å². The number of amides is 4. The minimum absolute atomic E-state index is 0.0123. The molecule has 0 aromatic carbocycles. The van der Waals surface area contributed by atoms with Crippen molar-refractivity contribution in [2.45, 2.75) is 52.3 Å². The molecule has 1 fully saturated rings. The van der Waals surface area contributed by atoms with Crippen molar-refractivity contribution in [1.82, 2.24) is 15.5 Å². The van der Waals surface area contributed by atoms with Crippen LogP contribution in [0.1, 0.15) is 39.9 Å². The van der Waals surface area contributed by atoms with E-state index >= 15 is 0 Å². The first-order valence-electron chi connectivity index (χ1n) is 8.69. The molecule has 9 heteroatoms. The van der Waals surface area contributed by atoms with Crippen molar-refractivity contribution in [2.24, 2.45) is 5.92 Å². The number of imide groups is 1. The zero-order chi connectivity index (χ0) is 20.2. The van der Waals surface area contributed by atoms with Crippen LogP contribution in [0.3, 0.4) is 0 Å². The minimum atomic E-state index is -1.16. The van der Waals surface area contributed by atoms with Gasteiger partial charge in [0.15, 0.2) is 6.10 Å². The van der Waals surface area contributed by atoms with Crippen molar-refractivity contribution in [3.8, 4) is 0 Å². The SMILES string of the molecule is C[C@H](OC(=O)[C@H]1CC(=O)N(Cc2ccco2)C1)C(=O)NC(=O)NC(C)(C)C. The Balaban J connectivity index is 1.82. The Morgan fingerprint density at radius 3 is 2.67 bits per heavy atom. The molecule has 0 unspecified atom stereocenters. The number of furan rings is 1. The third-order valence-corrected chi connectivity index (χ3v) is 3.86. The van der Waals surface area contributed by atoms with Gasteiger partial charge in [0.05, 0.1) is 18.7 Å². The Morgan fingerprint density at radius 1 is 1.37 bits per heavy atom. The molecule has 9 nitrogen and oxygen atoms in total. The Kier molecular flexibility index (Phi) is 6.24. The highest BCUT2D eigenvalue weighted by molar-refractivity contribution is 5.97. The molecule has 2 atom stereocenters. The predicted molar refractivity (Wildman–Crippen MR) is 94.2 cm³/mol. The van der Waals surface area contributed by atoms with Crippen molar-refractivity contribution in [2.75, 3.05) is 6.54 Å². The number of nitrogens with one attached hydrogen (secondary N) is 2. The molecule has 4 amide bonds. The van der Waals surface area contributed by atoms with Crippen molar-refractivity contribution in [3.63, 3.8) is 0 Å². The lowest BCUT2D eigenvalue weighted by Gasteiger charge is -2.21. The van der Waals surface area contributed by atoms with Crippen LogP contribution in [-0.2, 0) is 25.7 Å². The summed E-state index contributed by atoms with van der Waals surface area (Å²) in [7, 11) is 0. The van der Waals surface area contributed by atoms with Gasteiger partial charge in [-0.25, -0.2) is 4.79 Å². The van der Waals surface area contributed by atoms with Crippen molar-refractivity contribution < 1.29 is 28.3 Å². The van der Waals surface area contributed by atoms with Gasteiger partial charge in [-0.05, 0) is 39.8 Å². The summed E-state index contributed by atoms with van der Waals surface area (Å²) in [5.41, 5.74) is -0.508. The fourth-order valence-corrected chi connectivity index (χ4v) is 2.58. The molecular formula is C18H25N3O6. The van der Waals surface area contributed by atoms with E-state index in [1.807, 2.05) is 0 Å². The second kappa shape index (κ2) is 8.24. The van der Waals surface area contributed by atoms with Crippen LogP contribution < -0.4 is 10.6 Å². The molecule has 2 N–H and O–H groups in total. The van der Waals surface area contributed by atoms with Gasteiger partial charge in [-0.3, -0.25) is 19.7 Å². The lowest BCUT2D eigenvalue weighted by molar-refractivity contribution is -0.158. The fourth-order valence-electron chi connectivity index (χ4n) is 2.58. The van der Waals surface area contributed by atoms with Crippen LogP contribution in [0.4, 0.5) is 4.79 Å². The van der Waals surface area contributed by atoms with Gasteiger partial charge < -0.3 is 19.4 Å². The van der Waals surface area contributed by atoms with Gasteiger partial charge >= 0.3 is 12.0 Å². The average molecular weight is 379 g/mol. The third-order valence-electron chi connectivity index (χ3n) is 3.86. The minimum Gasteiger partial charge on any atom is -0.467 e. The van der Waals surface area contributed by atoms with E-state index in [1.54, 1.807) is 32.9 Å². The summed E-state index contributed by atoms with van der Waals surface area (Å²) >= 11 is 0. The highest BCUT2D eigenvalue weighted by atomic mass is 16.5. The van der Waals surface area contributed by atoms with Gasteiger partial charge in [-0.15, -0.1) is 0 Å². The first kappa shape index (κ1) is 20.5. The summed E-state index contributed by atoms with van der Waals surface area (Å²) in [5.74, 6) is -1.61. The lowest BCUT2D eigenvalue weighted by Crippen LogP contribution is -2.50. The number of ether oxygens (including phenoxy) is 1. The van der Waals surface area contributed by atoms with E-state index in [2.05, 4.69) is 10.6 Å². The van der Waals surface area contributed by atoms with Crippen LogP contribution in [-0.4, -0.2) is 46.9 Å². The molecule has 0 saturated carbocycles. The summed E-state index contributed by atoms with van der Waals surface area (Å²) in [6, 6.07) is 2.79. The molecule has 1 aliphatic rings. The maximum absolute atomic E-state index is 12.3. The number of nitrogens with zero attached hydrogens (tertiary/aromatic N) is 1. The normalized spacial score (nSPS) is 18.1. The smallest absolute Gasteiger partial charge is 0.321 e. The Labute approximate surface area is 157 Å². The molecular weight excluding hydrogens is 354 g/mol. The monoisotopic (exact) mass is 379 g/mol. The van der Waals surface area contributed by atoms with Crippen LogP contribution in [0, 0.1) is 5.92 Å². The van der Waals surface area contributed by atoms with E-state index in [0.29, 0.717) is 5.76 Å². The average Bonchev–Trinajstić information content (AvgIpc) is 3.16. The van der Waals surface area contributed by atoms with E-state index < -0.39 is 35.5 Å². The predicted octanol–water partition coefficient (Wildman–Crippen LogP) is 1.18. The first-order valence-corrected chi connectivity index (χ1v) is 8.69. The molecule has 1 aliphatic heterocycles. The second-order valence-corrected chi connectivity index (χ2v) is 7.53. The van der Waals surface area contributed by atoms with Crippen LogP contribution in [0.5, 0.6) is 0 Å². The zero-order valence-electron chi connectivity index (χ0n) is 15.9. The Hall–Kier alpha value is -2.84. The molecule has 0 spiro atoms. The number of urea groups is 1.